The number of aliphatic hydroxyl groups excluding tert-OH is 2. The average molecular weight is 390 g/mol. The number of nitrogens with zero attached hydrogens (tertiary/aromatic N) is 3. The van der Waals surface area contributed by atoms with Crippen LogP contribution in [0.3, 0.4) is 0 Å². The molecular formula is C19H23N3O2S2. The number of thiophene rings is 1. The third-order valence-electron chi connectivity index (χ3n) is 4.92. The van der Waals surface area contributed by atoms with Crippen molar-refractivity contribution in [3.63, 3.8) is 0 Å². The van der Waals surface area contributed by atoms with Crippen molar-refractivity contribution in [2.45, 2.75) is 56.6 Å². The van der Waals surface area contributed by atoms with Gasteiger partial charge >= 0.3 is 0 Å². The van der Waals surface area contributed by atoms with Gasteiger partial charge in [0.2, 0.25) is 0 Å². The maximum Gasteiger partial charge on any atom is 0.126 e. The van der Waals surface area contributed by atoms with Gasteiger partial charge in [-0.25, -0.2) is 15.0 Å². The number of fused-ring (bicyclic) bond motifs is 5. The minimum Gasteiger partial charge on any atom is -0.394 e. The van der Waals surface area contributed by atoms with E-state index in [0.717, 1.165) is 39.3 Å². The smallest absolute Gasteiger partial charge is 0.126 e. The van der Waals surface area contributed by atoms with E-state index < -0.39 is 6.10 Å². The van der Waals surface area contributed by atoms with Gasteiger partial charge in [0, 0.05) is 16.8 Å². The molecule has 4 rings (SSSR count). The molecule has 1 aliphatic rings. The van der Waals surface area contributed by atoms with Gasteiger partial charge in [0.05, 0.1) is 22.9 Å². The van der Waals surface area contributed by atoms with Crippen LogP contribution >= 0.6 is 23.1 Å². The standard InChI is InChI=1S/C19H23N3O2S2/c1-2-3-7-14-12-5-4-6-13(12)15-16-17(26-18(15)22-14)19(21-10-20-16)25-9-11(24)8-23/h10-11,23-24H,2-9H2,1H3. The minimum absolute atomic E-state index is 0.233. The minimum atomic E-state index is -0.734. The van der Waals surface area contributed by atoms with Gasteiger partial charge in [0.25, 0.3) is 0 Å². The molecule has 1 unspecified atom stereocenters. The Kier molecular flexibility index (Phi) is 5.40. The van der Waals surface area contributed by atoms with Crippen LogP contribution in [0.1, 0.15) is 43.0 Å². The highest BCUT2D eigenvalue weighted by Gasteiger charge is 2.24. The van der Waals surface area contributed by atoms with Crippen LogP contribution < -0.4 is 0 Å². The van der Waals surface area contributed by atoms with Crippen LogP contribution in [0.4, 0.5) is 0 Å². The molecule has 138 valence electrons. The Morgan fingerprint density at radius 2 is 2.12 bits per heavy atom. The van der Waals surface area contributed by atoms with Crippen LogP contribution in [-0.4, -0.2) is 43.6 Å². The summed E-state index contributed by atoms with van der Waals surface area (Å²) in [6, 6.07) is 0. The molecule has 7 heteroatoms. The molecule has 3 aromatic heterocycles. The molecule has 1 aliphatic carbocycles. The Hall–Kier alpha value is -1.28. The first kappa shape index (κ1) is 18.1. The average Bonchev–Trinajstić information content (AvgIpc) is 3.28. The van der Waals surface area contributed by atoms with Crippen LogP contribution in [-0.2, 0) is 19.3 Å². The highest BCUT2D eigenvalue weighted by molar-refractivity contribution is 7.99. The molecule has 0 saturated carbocycles. The number of aryl methyl sites for hydroxylation is 2. The Balaban J connectivity index is 1.83. The number of unbranched alkanes of at least 4 members (excludes halogenated alkanes) is 1. The van der Waals surface area contributed by atoms with Gasteiger partial charge in [-0.05, 0) is 43.2 Å². The van der Waals surface area contributed by atoms with Crippen LogP contribution in [0.15, 0.2) is 11.4 Å². The molecule has 0 saturated heterocycles. The molecule has 0 amide bonds. The van der Waals surface area contributed by atoms with E-state index in [9.17, 15) is 5.11 Å². The molecule has 3 heterocycles. The summed E-state index contributed by atoms with van der Waals surface area (Å²) in [4.78, 5) is 15.1. The largest absolute Gasteiger partial charge is 0.394 e. The van der Waals surface area contributed by atoms with Crippen molar-refractivity contribution in [3.8, 4) is 0 Å². The topological polar surface area (TPSA) is 79.1 Å². The van der Waals surface area contributed by atoms with Gasteiger partial charge in [-0.3, -0.25) is 0 Å². The van der Waals surface area contributed by atoms with E-state index in [2.05, 4.69) is 16.9 Å². The Labute approximate surface area is 160 Å². The highest BCUT2D eigenvalue weighted by Crippen LogP contribution is 2.42. The fourth-order valence-electron chi connectivity index (χ4n) is 3.64. The fourth-order valence-corrected chi connectivity index (χ4v) is 5.81. The molecule has 1 atom stereocenters. The second-order valence-electron chi connectivity index (χ2n) is 6.76. The van der Waals surface area contributed by atoms with Crippen molar-refractivity contribution in [1.82, 2.24) is 15.0 Å². The molecule has 0 aromatic carbocycles. The first-order chi connectivity index (χ1) is 12.7. The first-order valence-electron chi connectivity index (χ1n) is 9.22. The van der Waals surface area contributed by atoms with E-state index in [1.807, 2.05) is 0 Å². The predicted molar refractivity (Wildman–Crippen MR) is 107 cm³/mol. The molecule has 26 heavy (non-hydrogen) atoms. The number of thioether (sulfide) groups is 1. The zero-order valence-electron chi connectivity index (χ0n) is 14.9. The summed E-state index contributed by atoms with van der Waals surface area (Å²) in [5, 5.41) is 20.8. The number of aromatic nitrogens is 3. The van der Waals surface area contributed by atoms with Gasteiger partial charge in [0.15, 0.2) is 0 Å². The zero-order chi connectivity index (χ0) is 18.1. The van der Waals surface area contributed by atoms with Crippen molar-refractivity contribution in [2.75, 3.05) is 12.4 Å². The Bertz CT molecular complexity index is 942. The van der Waals surface area contributed by atoms with Gasteiger partial charge in [-0.15, -0.1) is 23.1 Å². The van der Waals surface area contributed by atoms with E-state index >= 15 is 0 Å². The van der Waals surface area contributed by atoms with E-state index in [1.54, 1.807) is 17.7 Å². The molecule has 0 aliphatic heterocycles. The van der Waals surface area contributed by atoms with E-state index in [-0.39, 0.29) is 6.61 Å². The molecular weight excluding hydrogens is 366 g/mol. The normalized spacial score (nSPS) is 15.0. The fraction of sp³-hybridized carbons (Fsp3) is 0.526. The van der Waals surface area contributed by atoms with Gasteiger partial charge in [-0.2, -0.15) is 0 Å². The van der Waals surface area contributed by atoms with Crippen molar-refractivity contribution < 1.29 is 10.2 Å². The van der Waals surface area contributed by atoms with Crippen LogP contribution in [0, 0.1) is 0 Å². The SMILES string of the molecule is CCCCc1nc2sc3c(SCC(O)CO)ncnc3c2c2c1CCC2. The lowest BCUT2D eigenvalue weighted by molar-refractivity contribution is 0.113. The number of rotatable bonds is 7. The Morgan fingerprint density at radius 1 is 1.27 bits per heavy atom. The molecule has 3 aromatic rings. The van der Waals surface area contributed by atoms with Crippen LogP contribution in [0.2, 0.25) is 0 Å². The van der Waals surface area contributed by atoms with Gasteiger partial charge in [0.1, 0.15) is 16.2 Å². The summed E-state index contributed by atoms with van der Waals surface area (Å²) < 4.78 is 1.05. The van der Waals surface area contributed by atoms with E-state index in [1.165, 1.54) is 53.2 Å². The lowest BCUT2D eigenvalue weighted by Gasteiger charge is -2.08. The third kappa shape index (κ3) is 3.22. The molecule has 0 spiro atoms. The molecule has 0 bridgehead atoms. The zero-order valence-corrected chi connectivity index (χ0v) is 16.5. The first-order valence-corrected chi connectivity index (χ1v) is 11.0. The third-order valence-corrected chi connectivity index (χ3v) is 7.26. The lowest BCUT2D eigenvalue weighted by atomic mass is 10.0. The van der Waals surface area contributed by atoms with Gasteiger partial charge in [-0.1, -0.05) is 13.3 Å². The summed E-state index contributed by atoms with van der Waals surface area (Å²) >= 11 is 3.13. The van der Waals surface area contributed by atoms with Gasteiger partial charge < -0.3 is 10.2 Å². The molecule has 5 nitrogen and oxygen atoms in total. The number of hydrogen-bond donors (Lipinski definition) is 2. The monoisotopic (exact) mass is 389 g/mol. The second-order valence-corrected chi connectivity index (χ2v) is 8.77. The van der Waals surface area contributed by atoms with Crippen molar-refractivity contribution in [2.24, 2.45) is 0 Å². The Morgan fingerprint density at radius 3 is 2.92 bits per heavy atom. The summed E-state index contributed by atoms with van der Waals surface area (Å²) in [7, 11) is 0. The molecule has 2 N–H and O–H groups in total. The van der Waals surface area contributed by atoms with Crippen molar-refractivity contribution in [1.29, 1.82) is 0 Å². The van der Waals surface area contributed by atoms with Crippen LogP contribution in [0.25, 0.3) is 20.4 Å². The number of aliphatic hydroxyl groups is 2. The summed E-state index contributed by atoms with van der Waals surface area (Å²) in [6.45, 7) is 1.99. The second kappa shape index (κ2) is 7.76. The van der Waals surface area contributed by atoms with E-state index in [4.69, 9.17) is 10.1 Å². The van der Waals surface area contributed by atoms with Crippen molar-refractivity contribution in [3.05, 3.63) is 23.1 Å². The van der Waals surface area contributed by atoms with E-state index in [0.29, 0.717) is 5.75 Å². The molecule has 0 fully saturated rings. The van der Waals surface area contributed by atoms with Crippen LogP contribution in [0.5, 0.6) is 0 Å². The maximum atomic E-state index is 9.65. The predicted octanol–water partition coefficient (Wildman–Crippen LogP) is 3.52. The number of hydrogen-bond acceptors (Lipinski definition) is 7. The quantitative estimate of drug-likeness (QED) is 0.475. The lowest BCUT2D eigenvalue weighted by Crippen LogP contribution is -2.14. The van der Waals surface area contributed by atoms with Crippen molar-refractivity contribution >= 4 is 43.5 Å². The number of pyridine rings is 1. The summed E-state index contributed by atoms with van der Waals surface area (Å²) in [6.07, 6.45) is 7.72. The summed E-state index contributed by atoms with van der Waals surface area (Å²) in [5.41, 5.74) is 5.16. The molecule has 0 radical (unpaired) electrons. The summed E-state index contributed by atoms with van der Waals surface area (Å²) in [5.74, 6) is 0.421. The maximum absolute atomic E-state index is 9.65. The highest BCUT2D eigenvalue weighted by atomic mass is 32.2.